The molecular weight excluding hydrogens is 266 g/mol. The number of hydrogen-bond acceptors (Lipinski definition) is 1. The summed E-state index contributed by atoms with van der Waals surface area (Å²) in [5, 5.41) is 3.65. The predicted molar refractivity (Wildman–Crippen MR) is 99.7 cm³/mol. The van der Waals surface area contributed by atoms with Gasteiger partial charge in [-0.25, -0.2) is 0 Å². The molecule has 0 aliphatic rings. The maximum atomic E-state index is 3.65. The molecule has 0 aliphatic heterocycles. The molecule has 0 spiro atoms. The Kier molecular flexibility index (Phi) is 7.12. The van der Waals surface area contributed by atoms with Gasteiger partial charge >= 0.3 is 0 Å². The van der Waals surface area contributed by atoms with Crippen LogP contribution in [0.5, 0.6) is 0 Å². The van der Waals surface area contributed by atoms with E-state index in [1.807, 2.05) is 0 Å². The fourth-order valence-corrected chi connectivity index (χ4v) is 3.12. The highest BCUT2D eigenvalue weighted by Gasteiger charge is 2.17. The number of aryl methyl sites for hydroxylation is 1. The first kappa shape index (κ1) is 19.2. The Bertz CT molecular complexity index is 437. The van der Waals surface area contributed by atoms with Gasteiger partial charge in [-0.3, -0.25) is 0 Å². The van der Waals surface area contributed by atoms with E-state index in [-0.39, 0.29) is 11.0 Å². The zero-order valence-corrected chi connectivity index (χ0v) is 15.9. The Labute approximate surface area is 138 Å². The maximum Gasteiger partial charge on any atom is 0.0127 e. The lowest BCUT2D eigenvalue weighted by atomic mass is 9.85. The molecule has 0 saturated carbocycles. The van der Waals surface area contributed by atoms with Crippen molar-refractivity contribution in [2.24, 2.45) is 0 Å². The van der Waals surface area contributed by atoms with Crippen LogP contribution in [0.3, 0.4) is 0 Å². The van der Waals surface area contributed by atoms with Crippen molar-refractivity contribution in [3.63, 3.8) is 0 Å². The number of benzene rings is 1. The second-order valence-corrected chi connectivity index (χ2v) is 8.69. The van der Waals surface area contributed by atoms with Crippen molar-refractivity contribution in [2.75, 3.05) is 0 Å². The summed E-state index contributed by atoms with van der Waals surface area (Å²) in [5.41, 5.74) is 3.46. The molecule has 22 heavy (non-hydrogen) atoms. The lowest BCUT2D eigenvalue weighted by Crippen LogP contribution is -2.43. The molecule has 0 heterocycles. The van der Waals surface area contributed by atoms with Crippen molar-refractivity contribution in [1.82, 2.24) is 5.32 Å². The van der Waals surface area contributed by atoms with Gasteiger partial charge in [0.05, 0.1) is 0 Å². The van der Waals surface area contributed by atoms with Crippen LogP contribution >= 0.6 is 0 Å². The molecule has 0 amide bonds. The van der Waals surface area contributed by atoms with Crippen LogP contribution in [-0.4, -0.2) is 11.6 Å². The van der Waals surface area contributed by atoms with Gasteiger partial charge in [-0.1, -0.05) is 71.7 Å². The number of nitrogens with one attached hydrogen (secondary N) is 1. The van der Waals surface area contributed by atoms with Crippen LogP contribution in [-0.2, 0) is 11.8 Å². The van der Waals surface area contributed by atoms with Gasteiger partial charge in [-0.15, -0.1) is 0 Å². The van der Waals surface area contributed by atoms with Gasteiger partial charge in [-0.05, 0) is 49.7 Å². The van der Waals surface area contributed by atoms with Crippen molar-refractivity contribution in [3.05, 3.63) is 35.4 Å². The average molecular weight is 304 g/mol. The molecular formula is C21H37N. The van der Waals surface area contributed by atoms with Gasteiger partial charge in [0.2, 0.25) is 0 Å². The highest BCUT2D eigenvalue weighted by molar-refractivity contribution is 5.28. The van der Waals surface area contributed by atoms with Crippen molar-refractivity contribution in [3.8, 4) is 0 Å². The molecule has 1 heteroatoms. The van der Waals surface area contributed by atoms with Crippen molar-refractivity contribution < 1.29 is 0 Å². The predicted octanol–water partition coefficient (Wildman–Crippen LogP) is 5.86. The Balaban J connectivity index is 2.34. The molecule has 0 aliphatic carbocycles. The van der Waals surface area contributed by atoms with E-state index in [1.165, 1.54) is 43.2 Å². The third-order valence-electron chi connectivity index (χ3n) is 4.24. The second kappa shape index (κ2) is 8.15. The summed E-state index contributed by atoms with van der Waals surface area (Å²) in [6.45, 7) is 16.0. The maximum absolute atomic E-state index is 3.65. The molecule has 1 nitrogen and oxygen atoms in total. The summed E-state index contributed by atoms with van der Waals surface area (Å²) in [7, 11) is 0. The third kappa shape index (κ3) is 7.45. The number of hydrogen-bond donors (Lipinski definition) is 1. The zero-order chi connectivity index (χ0) is 16.8. The van der Waals surface area contributed by atoms with E-state index in [2.05, 4.69) is 78.0 Å². The molecule has 0 saturated heterocycles. The van der Waals surface area contributed by atoms with Gasteiger partial charge in [0, 0.05) is 11.6 Å². The monoisotopic (exact) mass is 303 g/mol. The van der Waals surface area contributed by atoms with Crippen LogP contribution in [0.2, 0.25) is 0 Å². The zero-order valence-electron chi connectivity index (χ0n) is 15.9. The molecule has 0 unspecified atom stereocenters. The van der Waals surface area contributed by atoms with Gasteiger partial charge in [0.15, 0.2) is 0 Å². The van der Waals surface area contributed by atoms with Gasteiger partial charge in [0.1, 0.15) is 0 Å². The molecule has 0 aromatic heterocycles. The van der Waals surface area contributed by atoms with E-state index in [1.54, 1.807) is 0 Å². The van der Waals surface area contributed by atoms with Crippen LogP contribution in [0, 0.1) is 0 Å². The Morgan fingerprint density at radius 3 is 2.23 bits per heavy atom. The minimum atomic E-state index is 0.253. The average Bonchev–Trinajstić information content (AvgIpc) is 2.36. The summed E-state index contributed by atoms with van der Waals surface area (Å²) >= 11 is 0. The minimum absolute atomic E-state index is 0.253. The first-order chi connectivity index (χ1) is 10.1. The molecule has 0 bridgehead atoms. The third-order valence-corrected chi connectivity index (χ3v) is 4.24. The largest absolute Gasteiger partial charge is 0.310 e. The van der Waals surface area contributed by atoms with Gasteiger partial charge in [0.25, 0.3) is 0 Å². The van der Waals surface area contributed by atoms with E-state index in [0.717, 1.165) is 0 Å². The summed E-state index contributed by atoms with van der Waals surface area (Å²) in [5.74, 6) is 0. The molecule has 1 aromatic carbocycles. The SMILES string of the molecule is CC(C)NC(C)(C)CCCCCc1cccc(C(C)(C)C)c1. The van der Waals surface area contributed by atoms with Gasteiger partial charge in [-0.2, -0.15) is 0 Å². The first-order valence-electron chi connectivity index (χ1n) is 8.97. The lowest BCUT2D eigenvalue weighted by Gasteiger charge is -2.29. The molecule has 126 valence electrons. The van der Waals surface area contributed by atoms with E-state index in [4.69, 9.17) is 0 Å². The van der Waals surface area contributed by atoms with Crippen LogP contribution in [0.15, 0.2) is 24.3 Å². The van der Waals surface area contributed by atoms with Crippen molar-refractivity contribution in [2.45, 2.75) is 97.6 Å². The number of rotatable bonds is 8. The Morgan fingerprint density at radius 1 is 0.955 bits per heavy atom. The van der Waals surface area contributed by atoms with Crippen molar-refractivity contribution in [1.29, 1.82) is 0 Å². The van der Waals surface area contributed by atoms with Crippen LogP contribution in [0.25, 0.3) is 0 Å². The number of unbranched alkanes of at least 4 members (excludes halogenated alkanes) is 2. The fraction of sp³-hybridized carbons (Fsp3) is 0.714. The van der Waals surface area contributed by atoms with Gasteiger partial charge < -0.3 is 5.32 Å². The highest BCUT2D eigenvalue weighted by Crippen LogP contribution is 2.23. The van der Waals surface area contributed by atoms with Crippen molar-refractivity contribution >= 4 is 0 Å². The quantitative estimate of drug-likeness (QED) is 0.593. The Hall–Kier alpha value is -0.820. The van der Waals surface area contributed by atoms with E-state index in [9.17, 15) is 0 Å². The highest BCUT2D eigenvalue weighted by atomic mass is 15.0. The summed E-state index contributed by atoms with van der Waals surface area (Å²) in [4.78, 5) is 0. The normalized spacial score (nSPS) is 12.9. The van der Waals surface area contributed by atoms with Crippen LogP contribution in [0.1, 0.15) is 85.3 Å². The Morgan fingerprint density at radius 2 is 1.64 bits per heavy atom. The standard InChI is InChI=1S/C21H37N/c1-17(2)22-21(6,7)15-10-8-9-12-18-13-11-14-19(16-18)20(3,4)5/h11,13-14,16-17,22H,8-10,12,15H2,1-7H3. The van der Waals surface area contributed by atoms with Crippen LogP contribution < -0.4 is 5.32 Å². The molecule has 1 N–H and O–H groups in total. The minimum Gasteiger partial charge on any atom is -0.310 e. The summed E-state index contributed by atoms with van der Waals surface area (Å²) in [6, 6.07) is 9.70. The lowest BCUT2D eigenvalue weighted by molar-refractivity contribution is 0.321. The topological polar surface area (TPSA) is 12.0 Å². The smallest absolute Gasteiger partial charge is 0.0127 e. The van der Waals surface area contributed by atoms with Crippen LogP contribution in [0.4, 0.5) is 0 Å². The second-order valence-electron chi connectivity index (χ2n) is 8.69. The summed E-state index contributed by atoms with van der Waals surface area (Å²) in [6.07, 6.45) is 6.40. The summed E-state index contributed by atoms with van der Waals surface area (Å²) < 4.78 is 0. The molecule has 1 aromatic rings. The fourth-order valence-electron chi connectivity index (χ4n) is 3.12. The van der Waals surface area contributed by atoms with E-state index in [0.29, 0.717) is 6.04 Å². The first-order valence-corrected chi connectivity index (χ1v) is 8.97. The van der Waals surface area contributed by atoms with E-state index >= 15 is 0 Å². The van der Waals surface area contributed by atoms with E-state index < -0.39 is 0 Å². The molecule has 0 radical (unpaired) electrons. The molecule has 0 atom stereocenters. The molecule has 0 fully saturated rings. The molecule has 1 rings (SSSR count).